The number of hydrogen-bond acceptors (Lipinski definition) is 4. The second-order valence-corrected chi connectivity index (χ2v) is 6.29. The minimum Gasteiger partial charge on any atom is -0.481 e. The van der Waals surface area contributed by atoms with Gasteiger partial charge in [-0.3, -0.25) is 4.79 Å². The summed E-state index contributed by atoms with van der Waals surface area (Å²) >= 11 is 0. The molecule has 0 atom stereocenters. The Morgan fingerprint density at radius 3 is 2.67 bits per heavy atom. The minimum absolute atomic E-state index is 0.0309. The summed E-state index contributed by atoms with van der Waals surface area (Å²) in [6.45, 7) is 1.65. The van der Waals surface area contributed by atoms with Gasteiger partial charge in [0.15, 0.2) is 5.03 Å². The fourth-order valence-electron chi connectivity index (χ4n) is 2.08. The molecule has 0 aromatic carbocycles. The number of sulfonamides is 1. The minimum atomic E-state index is -3.73. The number of carboxylic acid groups (broad SMARTS) is 1. The maximum atomic E-state index is 12.1. The van der Waals surface area contributed by atoms with Crippen molar-refractivity contribution < 1.29 is 18.3 Å². The number of carbonyl (C=O) groups is 1. The van der Waals surface area contributed by atoms with Gasteiger partial charge in [-0.15, -0.1) is 0 Å². The summed E-state index contributed by atoms with van der Waals surface area (Å²) in [5.74, 6) is -0.505. The molecular formula is C10H15N3O4S. The number of aromatic amines is 1. The molecule has 18 heavy (non-hydrogen) atoms. The number of aryl methyl sites for hydroxylation is 1. The molecule has 0 radical (unpaired) electrons. The monoisotopic (exact) mass is 273 g/mol. The number of H-pyrrole nitrogens is 1. The molecule has 3 N–H and O–H groups in total. The lowest BCUT2D eigenvalue weighted by Crippen LogP contribution is -2.54. The number of hydrogen-bond donors (Lipinski definition) is 3. The Hall–Kier alpha value is -1.41. The van der Waals surface area contributed by atoms with Crippen LogP contribution in [0, 0.1) is 6.92 Å². The van der Waals surface area contributed by atoms with E-state index in [4.69, 9.17) is 5.11 Å². The molecule has 0 amide bonds. The van der Waals surface area contributed by atoms with Crippen LogP contribution in [0.4, 0.5) is 0 Å². The van der Waals surface area contributed by atoms with Crippen molar-refractivity contribution in [3.63, 3.8) is 0 Å². The number of aliphatic carboxylic acids is 1. The molecule has 1 aromatic rings. The van der Waals surface area contributed by atoms with E-state index >= 15 is 0 Å². The molecule has 1 fully saturated rings. The van der Waals surface area contributed by atoms with Crippen LogP contribution < -0.4 is 4.72 Å². The van der Waals surface area contributed by atoms with Gasteiger partial charge in [0.1, 0.15) is 5.82 Å². The zero-order valence-electron chi connectivity index (χ0n) is 9.93. The van der Waals surface area contributed by atoms with Crippen LogP contribution in [0.5, 0.6) is 0 Å². The number of imidazole rings is 1. The lowest BCUT2D eigenvalue weighted by atomic mass is 9.75. The van der Waals surface area contributed by atoms with Gasteiger partial charge >= 0.3 is 5.97 Å². The maximum absolute atomic E-state index is 12.1. The van der Waals surface area contributed by atoms with E-state index in [1.165, 1.54) is 6.20 Å². The molecular weight excluding hydrogens is 258 g/mol. The van der Waals surface area contributed by atoms with E-state index in [2.05, 4.69) is 14.7 Å². The fraction of sp³-hybridized carbons (Fsp3) is 0.600. The molecule has 1 aliphatic rings. The van der Waals surface area contributed by atoms with Gasteiger partial charge in [-0.25, -0.2) is 18.1 Å². The number of rotatable bonds is 5. The van der Waals surface area contributed by atoms with E-state index in [1.807, 2.05) is 0 Å². The number of carboxylic acids is 1. The van der Waals surface area contributed by atoms with Crippen LogP contribution >= 0.6 is 0 Å². The molecule has 0 spiro atoms. The van der Waals surface area contributed by atoms with Gasteiger partial charge in [0.25, 0.3) is 10.0 Å². The first-order valence-electron chi connectivity index (χ1n) is 5.60. The zero-order chi connectivity index (χ0) is 13.4. The van der Waals surface area contributed by atoms with Crippen molar-refractivity contribution in [2.24, 2.45) is 0 Å². The van der Waals surface area contributed by atoms with Crippen LogP contribution in [0.3, 0.4) is 0 Å². The molecule has 1 aromatic heterocycles. The van der Waals surface area contributed by atoms with Crippen LogP contribution in [0.15, 0.2) is 11.2 Å². The summed E-state index contributed by atoms with van der Waals surface area (Å²) in [6.07, 6.45) is 2.96. The predicted molar refractivity (Wildman–Crippen MR) is 62.5 cm³/mol. The van der Waals surface area contributed by atoms with Crippen molar-refractivity contribution >= 4 is 16.0 Å². The lowest BCUT2D eigenvalue weighted by Gasteiger charge is -2.40. The number of nitrogens with one attached hydrogen (secondary N) is 2. The second kappa shape index (κ2) is 4.36. The molecule has 1 heterocycles. The molecule has 1 aliphatic carbocycles. The van der Waals surface area contributed by atoms with E-state index in [9.17, 15) is 13.2 Å². The SMILES string of the molecule is Cc1ncc(S(=O)(=O)NC2(CC(=O)O)CCC2)[nH]1. The third-order valence-corrected chi connectivity index (χ3v) is 4.61. The van der Waals surface area contributed by atoms with Gasteiger partial charge in [-0.1, -0.05) is 0 Å². The first-order chi connectivity index (χ1) is 8.33. The van der Waals surface area contributed by atoms with Crippen molar-refractivity contribution in [3.05, 3.63) is 12.0 Å². The Morgan fingerprint density at radius 2 is 2.28 bits per heavy atom. The van der Waals surface area contributed by atoms with Crippen LogP contribution in [0.2, 0.25) is 0 Å². The van der Waals surface area contributed by atoms with Gasteiger partial charge in [0.05, 0.1) is 12.6 Å². The van der Waals surface area contributed by atoms with Gasteiger partial charge in [0.2, 0.25) is 0 Å². The predicted octanol–water partition coefficient (Wildman–Crippen LogP) is 0.394. The fourth-order valence-corrected chi connectivity index (χ4v) is 3.51. The van der Waals surface area contributed by atoms with Crippen molar-refractivity contribution in [2.75, 3.05) is 0 Å². The summed E-state index contributed by atoms with van der Waals surface area (Å²) in [6, 6.07) is 0. The van der Waals surface area contributed by atoms with Gasteiger partial charge in [-0.2, -0.15) is 0 Å². The highest BCUT2D eigenvalue weighted by Gasteiger charge is 2.42. The van der Waals surface area contributed by atoms with Crippen molar-refractivity contribution in [3.8, 4) is 0 Å². The third-order valence-electron chi connectivity index (χ3n) is 3.12. The van der Waals surface area contributed by atoms with Crippen LogP contribution in [-0.2, 0) is 14.8 Å². The van der Waals surface area contributed by atoms with Crippen LogP contribution in [-0.4, -0.2) is 35.0 Å². The average Bonchev–Trinajstić information content (AvgIpc) is 2.61. The summed E-state index contributed by atoms with van der Waals surface area (Å²) in [5, 5.41) is 8.80. The highest BCUT2D eigenvalue weighted by molar-refractivity contribution is 7.89. The highest BCUT2D eigenvalue weighted by atomic mass is 32.2. The molecule has 7 nitrogen and oxygen atoms in total. The van der Waals surface area contributed by atoms with Gasteiger partial charge in [0, 0.05) is 5.54 Å². The molecule has 0 bridgehead atoms. The largest absolute Gasteiger partial charge is 0.481 e. The Bertz CT molecular complexity index is 559. The second-order valence-electron chi connectivity index (χ2n) is 4.64. The Kier molecular flexibility index (Phi) is 3.16. The smallest absolute Gasteiger partial charge is 0.305 e. The van der Waals surface area contributed by atoms with Crippen molar-refractivity contribution in [1.29, 1.82) is 0 Å². The molecule has 0 saturated heterocycles. The highest BCUT2D eigenvalue weighted by Crippen LogP contribution is 2.36. The molecule has 0 unspecified atom stereocenters. The normalized spacial score (nSPS) is 18.3. The standard InChI is InChI=1S/C10H15N3O4S/c1-7-11-6-8(12-7)18(16,17)13-10(3-2-4-10)5-9(14)15/h6,13H,2-5H2,1H3,(H,11,12)(H,14,15). The van der Waals surface area contributed by atoms with Crippen molar-refractivity contribution in [2.45, 2.75) is 43.2 Å². The van der Waals surface area contributed by atoms with E-state index in [1.54, 1.807) is 6.92 Å². The third kappa shape index (κ3) is 2.54. The van der Waals surface area contributed by atoms with Gasteiger partial charge < -0.3 is 10.1 Å². The van der Waals surface area contributed by atoms with Gasteiger partial charge in [-0.05, 0) is 26.2 Å². The summed E-state index contributed by atoms with van der Waals surface area (Å²) < 4.78 is 26.6. The quantitative estimate of drug-likeness (QED) is 0.718. The lowest BCUT2D eigenvalue weighted by molar-refractivity contribution is -0.139. The van der Waals surface area contributed by atoms with E-state index < -0.39 is 21.5 Å². The Labute approximate surface area is 105 Å². The van der Waals surface area contributed by atoms with Crippen molar-refractivity contribution in [1.82, 2.24) is 14.7 Å². The summed E-state index contributed by atoms with van der Waals surface area (Å²) in [4.78, 5) is 17.2. The van der Waals surface area contributed by atoms with Crippen LogP contribution in [0.1, 0.15) is 31.5 Å². The van der Waals surface area contributed by atoms with E-state index in [-0.39, 0.29) is 11.4 Å². The molecule has 8 heteroatoms. The Balaban J connectivity index is 2.19. The summed E-state index contributed by atoms with van der Waals surface area (Å²) in [7, 11) is -3.73. The summed E-state index contributed by atoms with van der Waals surface area (Å²) in [5.41, 5.74) is -0.844. The molecule has 1 saturated carbocycles. The number of aromatic nitrogens is 2. The van der Waals surface area contributed by atoms with E-state index in [0.29, 0.717) is 18.7 Å². The Morgan fingerprint density at radius 1 is 1.61 bits per heavy atom. The maximum Gasteiger partial charge on any atom is 0.305 e. The first kappa shape index (κ1) is 13.0. The van der Waals surface area contributed by atoms with E-state index in [0.717, 1.165) is 6.42 Å². The average molecular weight is 273 g/mol. The first-order valence-corrected chi connectivity index (χ1v) is 7.09. The van der Waals surface area contributed by atoms with Crippen LogP contribution in [0.25, 0.3) is 0 Å². The molecule has 0 aliphatic heterocycles. The molecule has 2 rings (SSSR count). The topological polar surface area (TPSA) is 112 Å². The zero-order valence-corrected chi connectivity index (χ0v) is 10.7. The molecule has 100 valence electrons. The number of nitrogens with zero attached hydrogens (tertiary/aromatic N) is 1.